The van der Waals surface area contributed by atoms with Gasteiger partial charge in [0, 0.05) is 23.2 Å². The van der Waals surface area contributed by atoms with E-state index in [1.54, 1.807) is 36.3 Å². The number of imidazole rings is 1. The van der Waals surface area contributed by atoms with Crippen LogP contribution < -0.4 is 0 Å². The van der Waals surface area contributed by atoms with E-state index >= 15 is 0 Å². The van der Waals surface area contributed by atoms with Gasteiger partial charge in [-0.25, -0.2) is 9.67 Å². The summed E-state index contributed by atoms with van der Waals surface area (Å²) >= 11 is 5.99. The molecule has 1 aromatic carbocycles. The Balaban J connectivity index is 2.31. The van der Waals surface area contributed by atoms with Crippen LogP contribution in [0.15, 0.2) is 36.8 Å². The number of aromatic nitrogens is 4. The molecule has 1 atom stereocenters. The van der Waals surface area contributed by atoms with Gasteiger partial charge in [0.1, 0.15) is 0 Å². The number of carboxylic acids is 1. The second-order valence-electron chi connectivity index (χ2n) is 5.69. The van der Waals surface area contributed by atoms with E-state index in [4.69, 9.17) is 11.6 Å². The Kier molecular flexibility index (Phi) is 4.15. The molecular weight excluding hydrogens is 328 g/mol. The van der Waals surface area contributed by atoms with E-state index in [2.05, 4.69) is 10.1 Å². The van der Waals surface area contributed by atoms with E-state index in [0.717, 1.165) is 17.1 Å². The molecule has 7 heteroatoms. The van der Waals surface area contributed by atoms with Crippen LogP contribution in [0.4, 0.5) is 0 Å². The third kappa shape index (κ3) is 2.69. The Morgan fingerprint density at radius 2 is 1.96 bits per heavy atom. The van der Waals surface area contributed by atoms with Gasteiger partial charge in [0.2, 0.25) is 0 Å². The summed E-state index contributed by atoms with van der Waals surface area (Å²) in [7, 11) is 1.87. The highest BCUT2D eigenvalue weighted by Gasteiger charge is 2.27. The molecule has 3 rings (SSSR count). The number of carbonyl (C=O) groups is 1. The van der Waals surface area contributed by atoms with E-state index < -0.39 is 11.9 Å². The average Bonchev–Trinajstić information content (AvgIpc) is 3.10. The van der Waals surface area contributed by atoms with Gasteiger partial charge in [-0.15, -0.1) is 0 Å². The summed E-state index contributed by atoms with van der Waals surface area (Å²) in [4.78, 5) is 15.7. The van der Waals surface area contributed by atoms with Crippen molar-refractivity contribution in [2.75, 3.05) is 0 Å². The highest BCUT2D eigenvalue weighted by molar-refractivity contribution is 6.30. The number of benzene rings is 1. The fourth-order valence-corrected chi connectivity index (χ4v) is 2.91. The van der Waals surface area contributed by atoms with E-state index in [-0.39, 0.29) is 0 Å². The van der Waals surface area contributed by atoms with Crippen LogP contribution in [0, 0.1) is 6.92 Å². The van der Waals surface area contributed by atoms with Crippen molar-refractivity contribution in [3.63, 3.8) is 0 Å². The van der Waals surface area contributed by atoms with Crippen molar-refractivity contribution in [1.82, 2.24) is 19.3 Å². The summed E-state index contributed by atoms with van der Waals surface area (Å²) in [6.45, 7) is 3.49. The number of carboxylic acid groups (broad SMARTS) is 1. The van der Waals surface area contributed by atoms with Crippen LogP contribution in [-0.4, -0.2) is 30.4 Å². The minimum Gasteiger partial charge on any atom is -0.481 e. The molecule has 2 aromatic heterocycles. The van der Waals surface area contributed by atoms with E-state index in [1.165, 1.54) is 0 Å². The zero-order valence-corrected chi connectivity index (χ0v) is 14.3. The van der Waals surface area contributed by atoms with E-state index in [1.807, 2.05) is 30.7 Å². The van der Waals surface area contributed by atoms with Crippen LogP contribution in [0.5, 0.6) is 0 Å². The molecule has 0 aliphatic carbocycles. The van der Waals surface area contributed by atoms with Crippen molar-refractivity contribution in [3.05, 3.63) is 53.1 Å². The maximum absolute atomic E-state index is 11.6. The molecule has 0 bridgehead atoms. The number of hydrogen-bond acceptors (Lipinski definition) is 3. The topological polar surface area (TPSA) is 72.9 Å². The molecule has 0 amide bonds. The van der Waals surface area contributed by atoms with Gasteiger partial charge in [-0.2, -0.15) is 5.10 Å². The number of halogens is 1. The zero-order chi connectivity index (χ0) is 17.4. The van der Waals surface area contributed by atoms with Gasteiger partial charge in [0.05, 0.1) is 29.8 Å². The molecule has 0 fully saturated rings. The maximum Gasteiger partial charge on any atom is 0.310 e. The Morgan fingerprint density at radius 3 is 2.50 bits per heavy atom. The first-order valence-corrected chi connectivity index (χ1v) is 7.83. The summed E-state index contributed by atoms with van der Waals surface area (Å²) < 4.78 is 3.57. The number of hydrogen-bond donors (Lipinski definition) is 1. The highest BCUT2D eigenvalue weighted by Crippen LogP contribution is 2.34. The van der Waals surface area contributed by atoms with Crippen molar-refractivity contribution in [3.8, 4) is 17.1 Å². The Morgan fingerprint density at radius 1 is 1.29 bits per heavy atom. The van der Waals surface area contributed by atoms with E-state index in [0.29, 0.717) is 16.3 Å². The molecule has 0 aliphatic heterocycles. The minimum atomic E-state index is -0.891. The second kappa shape index (κ2) is 6.13. The largest absolute Gasteiger partial charge is 0.481 e. The molecule has 2 heterocycles. The van der Waals surface area contributed by atoms with Crippen molar-refractivity contribution >= 4 is 17.6 Å². The van der Waals surface area contributed by atoms with Gasteiger partial charge in [-0.05, 0) is 26.0 Å². The average molecular weight is 345 g/mol. The second-order valence-corrected chi connectivity index (χ2v) is 6.13. The first-order chi connectivity index (χ1) is 11.4. The van der Waals surface area contributed by atoms with Gasteiger partial charge in [-0.3, -0.25) is 4.79 Å². The normalized spacial score (nSPS) is 12.3. The Hall–Kier alpha value is -2.60. The first-order valence-electron chi connectivity index (χ1n) is 7.45. The highest BCUT2D eigenvalue weighted by atomic mass is 35.5. The monoisotopic (exact) mass is 344 g/mol. The number of nitrogens with zero attached hydrogens (tertiary/aromatic N) is 4. The maximum atomic E-state index is 11.6. The standard InChI is InChI=1S/C17H17ClN4O2/c1-10(17(23)24)15-11(2)20-22(14-8-19-9-21(14)3)16(15)12-4-6-13(18)7-5-12/h4-10H,1-3H3,(H,23,24). The van der Waals surface area contributed by atoms with Gasteiger partial charge in [0.25, 0.3) is 0 Å². The van der Waals surface area contributed by atoms with Crippen LogP contribution >= 0.6 is 11.6 Å². The molecule has 0 radical (unpaired) electrons. The quantitative estimate of drug-likeness (QED) is 0.787. The molecule has 3 aromatic rings. The molecular formula is C17H17ClN4O2. The lowest BCUT2D eigenvalue weighted by molar-refractivity contribution is -0.138. The Labute approximate surface area is 144 Å². The van der Waals surface area contributed by atoms with Crippen molar-refractivity contribution in [2.45, 2.75) is 19.8 Å². The molecule has 124 valence electrons. The summed E-state index contributed by atoms with van der Waals surface area (Å²) in [5.41, 5.74) is 2.95. The van der Waals surface area contributed by atoms with Crippen LogP contribution in [0.2, 0.25) is 5.02 Å². The molecule has 1 N–H and O–H groups in total. The smallest absolute Gasteiger partial charge is 0.310 e. The predicted molar refractivity (Wildman–Crippen MR) is 91.6 cm³/mol. The number of aliphatic carboxylic acids is 1. The molecule has 0 aliphatic rings. The van der Waals surface area contributed by atoms with Crippen molar-refractivity contribution in [1.29, 1.82) is 0 Å². The lowest BCUT2D eigenvalue weighted by Crippen LogP contribution is -2.10. The van der Waals surface area contributed by atoms with Crippen LogP contribution in [0.1, 0.15) is 24.1 Å². The molecule has 1 unspecified atom stereocenters. The third-order valence-electron chi connectivity index (χ3n) is 4.04. The summed E-state index contributed by atoms with van der Waals surface area (Å²) in [6, 6.07) is 7.29. The Bertz CT molecular complexity index is 896. The minimum absolute atomic E-state index is 0.620. The fourth-order valence-electron chi connectivity index (χ4n) is 2.79. The van der Waals surface area contributed by atoms with Crippen molar-refractivity contribution in [2.24, 2.45) is 7.05 Å². The molecule has 0 spiro atoms. The fraction of sp³-hybridized carbons (Fsp3) is 0.235. The van der Waals surface area contributed by atoms with Crippen LogP contribution in [0.25, 0.3) is 17.1 Å². The van der Waals surface area contributed by atoms with Gasteiger partial charge in [0.15, 0.2) is 5.82 Å². The van der Waals surface area contributed by atoms with Crippen molar-refractivity contribution < 1.29 is 9.90 Å². The third-order valence-corrected chi connectivity index (χ3v) is 4.29. The lowest BCUT2D eigenvalue weighted by Gasteiger charge is -2.12. The molecule has 24 heavy (non-hydrogen) atoms. The van der Waals surface area contributed by atoms with E-state index in [9.17, 15) is 9.90 Å². The number of aryl methyl sites for hydroxylation is 2. The molecule has 0 saturated heterocycles. The lowest BCUT2D eigenvalue weighted by atomic mass is 9.95. The first kappa shape index (κ1) is 16.3. The predicted octanol–water partition coefficient (Wildman–Crippen LogP) is 3.42. The van der Waals surface area contributed by atoms with Crippen LogP contribution in [0.3, 0.4) is 0 Å². The zero-order valence-electron chi connectivity index (χ0n) is 13.6. The van der Waals surface area contributed by atoms with Gasteiger partial charge >= 0.3 is 5.97 Å². The number of rotatable bonds is 4. The summed E-state index contributed by atoms with van der Waals surface area (Å²) in [6.07, 6.45) is 3.37. The van der Waals surface area contributed by atoms with Gasteiger partial charge in [-0.1, -0.05) is 23.7 Å². The molecule has 6 nitrogen and oxygen atoms in total. The SMILES string of the molecule is Cc1nn(-c2cncn2C)c(-c2ccc(Cl)cc2)c1C(C)C(=O)O. The van der Waals surface area contributed by atoms with Crippen LogP contribution in [-0.2, 0) is 11.8 Å². The molecule has 0 saturated carbocycles. The van der Waals surface area contributed by atoms with Gasteiger partial charge < -0.3 is 9.67 Å². The summed E-state index contributed by atoms with van der Waals surface area (Å²) in [5, 5.41) is 14.7. The summed E-state index contributed by atoms with van der Waals surface area (Å²) in [5.74, 6) is -0.817.